The molecule has 16 nitrogen and oxygen atoms in total. The average Bonchev–Trinajstić information content (AvgIpc) is 3.87. The number of ether oxygens (including phenoxy) is 2. The van der Waals surface area contributed by atoms with Crippen molar-refractivity contribution in [3.63, 3.8) is 0 Å². The summed E-state index contributed by atoms with van der Waals surface area (Å²) in [6.07, 6.45) is 4.90. The Morgan fingerprint density at radius 2 is 1.88 bits per heavy atom. The van der Waals surface area contributed by atoms with Crippen molar-refractivity contribution in [3.05, 3.63) is 64.9 Å². The number of allylic oxidation sites excluding steroid dienone is 1. The van der Waals surface area contributed by atoms with Gasteiger partial charge in [-0.05, 0) is 76.5 Å². The monoisotopic (exact) mass is 936 g/mol. The number of benzene rings is 1. The first-order valence-electron chi connectivity index (χ1n) is 22.0. The van der Waals surface area contributed by atoms with Crippen LogP contribution in [0.25, 0.3) is 21.6 Å². The van der Waals surface area contributed by atoms with Crippen molar-refractivity contribution in [1.82, 2.24) is 40.0 Å². The van der Waals surface area contributed by atoms with E-state index < -0.39 is 81.0 Å². The number of carbonyl (C=O) groups is 4. The van der Waals surface area contributed by atoms with Crippen molar-refractivity contribution in [1.29, 1.82) is 0 Å². The summed E-state index contributed by atoms with van der Waals surface area (Å²) in [4.78, 5) is 68.7. The van der Waals surface area contributed by atoms with Crippen LogP contribution in [0.4, 0.5) is 8.78 Å². The number of thiazole rings is 1. The van der Waals surface area contributed by atoms with Gasteiger partial charge < -0.3 is 25.0 Å². The Labute approximate surface area is 380 Å². The molecule has 3 N–H and O–H groups in total. The summed E-state index contributed by atoms with van der Waals surface area (Å²) >= 11 is 1.44. The predicted octanol–water partition coefficient (Wildman–Crippen LogP) is 5.80. The molecule has 5 heterocycles. The van der Waals surface area contributed by atoms with Crippen molar-refractivity contribution < 1.29 is 45.9 Å². The number of aryl methyl sites for hydroxylation is 1. The van der Waals surface area contributed by atoms with E-state index in [1.54, 1.807) is 26.2 Å². The summed E-state index contributed by atoms with van der Waals surface area (Å²) in [5.74, 6) is -2.26. The van der Waals surface area contributed by atoms with E-state index in [2.05, 4.69) is 20.5 Å². The van der Waals surface area contributed by atoms with Gasteiger partial charge in [0.05, 0.1) is 29.6 Å². The number of hydrogen-bond donors (Lipinski definition) is 3. The zero-order chi connectivity index (χ0) is 46.4. The average molecular weight is 937 g/mol. The van der Waals surface area contributed by atoms with Crippen LogP contribution in [0, 0.1) is 12.8 Å². The molecule has 0 bridgehead atoms. The number of methoxy groups -OCH3 is 1. The number of aromatic nitrogens is 4. The molecule has 3 fully saturated rings. The molecule has 0 spiro atoms. The fourth-order valence-corrected chi connectivity index (χ4v) is 10.9. The molecule has 2 saturated carbocycles. The van der Waals surface area contributed by atoms with Gasteiger partial charge in [0.2, 0.25) is 21.8 Å². The molecular formula is C45H54F2N8O8S2. The summed E-state index contributed by atoms with van der Waals surface area (Å²) in [7, 11) is -2.49. The zero-order valence-corrected chi connectivity index (χ0v) is 38.6. The van der Waals surface area contributed by atoms with E-state index >= 15 is 0 Å². The normalized spacial score (nSPS) is 25.0. The van der Waals surface area contributed by atoms with E-state index in [0.29, 0.717) is 71.6 Å². The summed E-state index contributed by atoms with van der Waals surface area (Å²) in [6.45, 7) is 6.60. The maximum absolute atomic E-state index is 14.9. The van der Waals surface area contributed by atoms with Gasteiger partial charge >= 0.3 is 0 Å². The molecule has 5 atom stereocenters. The van der Waals surface area contributed by atoms with Gasteiger partial charge in [0.25, 0.3) is 18.2 Å². The third-order valence-electron chi connectivity index (χ3n) is 13.0. The molecule has 4 aliphatic rings. The van der Waals surface area contributed by atoms with Crippen molar-refractivity contribution in [3.8, 4) is 22.2 Å². The van der Waals surface area contributed by atoms with Crippen LogP contribution in [-0.4, -0.2) is 105 Å². The zero-order valence-electron chi connectivity index (χ0n) is 36.9. The van der Waals surface area contributed by atoms with Gasteiger partial charge in [0, 0.05) is 40.9 Å². The number of rotatable bonds is 12. The molecule has 0 unspecified atom stereocenters. The second kappa shape index (κ2) is 18.1. The Morgan fingerprint density at radius 3 is 2.58 bits per heavy atom. The molecule has 4 aromatic rings. The Balaban J connectivity index is 1.15. The van der Waals surface area contributed by atoms with Crippen LogP contribution in [-0.2, 0) is 31.0 Å². The summed E-state index contributed by atoms with van der Waals surface area (Å²) in [5.41, 5.74) is 1.05. The first-order valence-corrected chi connectivity index (χ1v) is 24.4. The van der Waals surface area contributed by atoms with Crippen molar-refractivity contribution >= 4 is 55.9 Å². The molecule has 65 heavy (non-hydrogen) atoms. The molecule has 8 rings (SSSR count). The van der Waals surface area contributed by atoms with Crippen molar-refractivity contribution in [2.24, 2.45) is 5.92 Å². The number of pyridine rings is 1. The lowest BCUT2D eigenvalue weighted by Gasteiger charge is -2.30. The Hall–Kier alpha value is -5.50. The predicted molar refractivity (Wildman–Crippen MR) is 238 cm³/mol. The lowest BCUT2D eigenvalue weighted by molar-refractivity contribution is -0.141. The highest BCUT2D eigenvalue weighted by Crippen LogP contribution is 2.48. The summed E-state index contributed by atoms with van der Waals surface area (Å²) in [6, 6.07) is 4.27. The molecule has 4 amide bonds. The minimum Gasteiger partial charge on any atom is -0.496 e. The number of carbonyl (C=O) groups excluding carboxylic acids is 4. The SMILES string of the molecule is COc1ccc2c(O[C@@H]3C[C@H]4C(=O)N[C@]5(C(=O)NS(=O)(=O)C6(C)CC6)C[C@H]5/C=C\CCCCC[C@H](NC(=O)c5ccnn5CC(F)F)C(=O)N4C3)cc(-c3nc(C(C)C)cs3)nc2c1C. The number of sulfonamides is 1. The van der Waals surface area contributed by atoms with Crippen LogP contribution < -0.4 is 24.8 Å². The molecule has 0 radical (unpaired) electrons. The number of nitrogens with zero attached hydrogens (tertiary/aromatic N) is 5. The number of hydrogen-bond acceptors (Lipinski definition) is 12. The van der Waals surface area contributed by atoms with Crippen LogP contribution in [0.2, 0.25) is 0 Å². The Kier molecular flexibility index (Phi) is 12.8. The van der Waals surface area contributed by atoms with Gasteiger partial charge in [-0.2, -0.15) is 5.10 Å². The first kappa shape index (κ1) is 46.0. The van der Waals surface area contributed by atoms with Gasteiger partial charge in [-0.25, -0.2) is 27.2 Å². The molecular weight excluding hydrogens is 883 g/mol. The third kappa shape index (κ3) is 9.33. The lowest BCUT2D eigenvalue weighted by atomic mass is 10.0. The quantitative estimate of drug-likeness (QED) is 0.145. The summed E-state index contributed by atoms with van der Waals surface area (Å²) < 4.78 is 68.0. The van der Waals surface area contributed by atoms with Crippen LogP contribution >= 0.6 is 11.3 Å². The number of amides is 4. The first-order chi connectivity index (χ1) is 30.9. The Morgan fingerprint density at radius 1 is 1.09 bits per heavy atom. The smallest absolute Gasteiger partial charge is 0.270 e. The molecule has 1 saturated heterocycles. The molecule has 1 aromatic carbocycles. The molecule has 20 heteroatoms. The largest absolute Gasteiger partial charge is 0.496 e. The minimum absolute atomic E-state index is 0.0446. The molecule has 2 aliphatic heterocycles. The van der Waals surface area contributed by atoms with E-state index in [0.717, 1.165) is 15.9 Å². The van der Waals surface area contributed by atoms with E-state index in [-0.39, 0.29) is 37.4 Å². The molecule has 2 aliphatic carbocycles. The second-order valence-electron chi connectivity index (χ2n) is 18.0. The summed E-state index contributed by atoms with van der Waals surface area (Å²) in [5, 5.41) is 12.8. The van der Waals surface area contributed by atoms with Crippen LogP contribution in [0.1, 0.15) is 106 Å². The maximum Gasteiger partial charge on any atom is 0.270 e. The van der Waals surface area contributed by atoms with Gasteiger partial charge in [0.1, 0.15) is 58.2 Å². The van der Waals surface area contributed by atoms with Crippen molar-refractivity contribution in [2.75, 3.05) is 13.7 Å². The number of alkyl halides is 2. The molecule has 348 valence electrons. The number of nitrogens with one attached hydrogen (secondary N) is 3. The topological polar surface area (TPSA) is 204 Å². The highest BCUT2D eigenvalue weighted by Gasteiger charge is 2.63. The van der Waals surface area contributed by atoms with Gasteiger partial charge in [-0.3, -0.25) is 28.6 Å². The van der Waals surface area contributed by atoms with Gasteiger partial charge in [-0.1, -0.05) is 38.8 Å². The van der Waals surface area contributed by atoms with E-state index in [1.807, 2.05) is 44.4 Å². The van der Waals surface area contributed by atoms with E-state index in [1.165, 1.54) is 28.5 Å². The highest BCUT2D eigenvalue weighted by atomic mass is 32.2. The number of fused-ring (bicyclic) bond motifs is 3. The fourth-order valence-electron chi connectivity index (χ4n) is 8.64. The van der Waals surface area contributed by atoms with Crippen LogP contribution in [0.5, 0.6) is 11.5 Å². The highest BCUT2D eigenvalue weighted by molar-refractivity contribution is 7.91. The minimum atomic E-state index is -4.06. The Bertz CT molecular complexity index is 2650. The third-order valence-corrected chi connectivity index (χ3v) is 16.1. The fraction of sp³-hybridized carbons (Fsp3) is 0.533. The van der Waals surface area contributed by atoms with E-state index in [9.17, 15) is 36.4 Å². The van der Waals surface area contributed by atoms with Crippen molar-refractivity contribution in [2.45, 2.75) is 133 Å². The van der Waals surface area contributed by atoms with Crippen LogP contribution in [0.3, 0.4) is 0 Å². The standard InChI is InChI=1S/C45H54F2N8O8S2/c1-25(2)32-24-64-41(51-32)31-20-36(29-13-14-35(62-5)26(3)38(29)49-31)63-28-19-34-40(57)52-45(43(59)53-65(60,61)44(4)16-17-44)21-27(45)11-9-7-6-8-10-12-30(42(58)54(34)22-28)50-39(56)33-15-18-48-55(33)23-37(46)47/h9,11,13-15,18,20,24-25,27-28,30,34,37H,6-8,10,12,16-17,19,21-23H2,1-5H3,(H,50,56)(H,52,57)(H,53,59)/b11-9-/t27-,28-,30+,34+,45-/m1/s1. The lowest BCUT2D eigenvalue weighted by Crippen LogP contribution is -2.58. The van der Waals surface area contributed by atoms with E-state index in [4.69, 9.17) is 19.4 Å². The second-order valence-corrected chi connectivity index (χ2v) is 21.1. The maximum atomic E-state index is 14.9. The number of halogens is 2. The van der Waals surface area contributed by atoms with Gasteiger partial charge in [-0.15, -0.1) is 11.3 Å². The molecule has 3 aromatic heterocycles. The van der Waals surface area contributed by atoms with Crippen LogP contribution in [0.15, 0.2) is 48.0 Å². The van der Waals surface area contributed by atoms with Gasteiger partial charge in [0.15, 0.2) is 0 Å².